The summed E-state index contributed by atoms with van der Waals surface area (Å²) in [6, 6.07) is 4.23. The Morgan fingerprint density at radius 2 is 1.59 bits per heavy atom. The first kappa shape index (κ1) is 30.7. The number of benzene rings is 2. The molecule has 6 atom stereocenters. The molecule has 0 aromatic heterocycles. The van der Waals surface area contributed by atoms with Crippen molar-refractivity contribution in [3.05, 3.63) is 76.3 Å². The number of hydrogen-bond donors (Lipinski definition) is 1. The van der Waals surface area contributed by atoms with E-state index >= 15 is 8.78 Å². The second-order valence-corrected chi connectivity index (χ2v) is 13.1. The van der Waals surface area contributed by atoms with Gasteiger partial charge in [0.25, 0.3) is 11.8 Å². The third-order valence-corrected chi connectivity index (χ3v) is 11.2. The molecule has 8 nitrogen and oxygen atoms in total. The van der Waals surface area contributed by atoms with Crippen molar-refractivity contribution in [2.24, 2.45) is 23.7 Å². The highest BCUT2D eigenvalue weighted by Gasteiger charge is 2.77. The molecule has 46 heavy (non-hydrogen) atoms. The molecular formula is C31H21Cl2F5N2O6. The zero-order valence-corrected chi connectivity index (χ0v) is 25.1. The van der Waals surface area contributed by atoms with Gasteiger partial charge in [0.1, 0.15) is 17.2 Å². The number of nitrogens with zero attached hydrogens (tertiary/aromatic N) is 2. The number of imide groups is 2. The van der Waals surface area contributed by atoms with Crippen LogP contribution in [0.1, 0.15) is 25.3 Å². The van der Waals surface area contributed by atoms with E-state index in [4.69, 9.17) is 27.9 Å². The average molecular weight is 683 g/mol. The molecule has 1 N–H and O–H groups in total. The summed E-state index contributed by atoms with van der Waals surface area (Å²) in [5.74, 6) is -20.4. The number of ether oxygens (including phenoxy) is 1. The number of anilines is 1. The highest BCUT2D eigenvalue weighted by molar-refractivity contribution is 6.58. The normalized spacial score (nSPS) is 31.7. The number of phenolic OH excluding ortho intramolecular Hbond substituents is 1. The lowest BCUT2D eigenvalue weighted by atomic mass is 9.56. The second-order valence-electron chi connectivity index (χ2n) is 11.9. The van der Waals surface area contributed by atoms with Crippen molar-refractivity contribution in [3.8, 4) is 11.5 Å². The van der Waals surface area contributed by atoms with Gasteiger partial charge in [-0.05, 0) is 49.5 Å². The monoisotopic (exact) mass is 682 g/mol. The zero-order valence-electron chi connectivity index (χ0n) is 23.6. The molecule has 240 valence electrons. The van der Waals surface area contributed by atoms with Crippen molar-refractivity contribution in [2.75, 3.05) is 11.4 Å². The molecule has 2 aromatic rings. The van der Waals surface area contributed by atoms with E-state index in [1.54, 1.807) is 13.0 Å². The van der Waals surface area contributed by atoms with E-state index in [0.717, 1.165) is 4.90 Å². The number of amides is 4. The number of carbonyl (C=O) groups is 4. The van der Waals surface area contributed by atoms with Crippen LogP contribution >= 0.6 is 23.2 Å². The molecule has 6 unspecified atom stereocenters. The second kappa shape index (κ2) is 10.0. The highest BCUT2D eigenvalue weighted by Crippen LogP contribution is 2.65. The number of phenols is 1. The van der Waals surface area contributed by atoms with Gasteiger partial charge in [-0.25, -0.2) is 26.9 Å². The molecule has 1 saturated carbocycles. The van der Waals surface area contributed by atoms with Gasteiger partial charge in [-0.3, -0.25) is 24.1 Å². The van der Waals surface area contributed by atoms with Crippen LogP contribution in [-0.4, -0.2) is 49.9 Å². The largest absolute Gasteiger partial charge is 0.508 e. The fourth-order valence-corrected chi connectivity index (χ4v) is 8.70. The fourth-order valence-electron chi connectivity index (χ4n) is 7.75. The molecule has 0 spiro atoms. The maximum Gasteiger partial charge on any atom is 0.258 e. The Labute approximate surface area is 267 Å². The number of likely N-dealkylation sites (tertiary alicyclic amines) is 1. The Balaban J connectivity index is 1.44. The van der Waals surface area contributed by atoms with Crippen LogP contribution in [0, 0.1) is 52.8 Å². The van der Waals surface area contributed by atoms with Crippen LogP contribution in [0.5, 0.6) is 11.5 Å². The minimum atomic E-state index is -2.64. The quantitative estimate of drug-likeness (QED) is 0.122. The van der Waals surface area contributed by atoms with Crippen LogP contribution in [0.4, 0.5) is 27.6 Å². The SMILES string of the molecule is CCN1C(=O)C2CC=C3C(CC4(Cl)C(=O)N(c5c(F)c(F)c(F)c(F)c5F)C(=O)C4(Cl)C3C3=COc4ccc(O)cc4C3)C2C1=O. The Hall–Kier alpha value is -3.97. The average Bonchev–Trinajstić information content (AvgIpc) is 3.36. The molecule has 3 heterocycles. The number of alkyl halides is 2. The van der Waals surface area contributed by atoms with Gasteiger partial charge < -0.3 is 9.84 Å². The predicted molar refractivity (Wildman–Crippen MR) is 150 cm³/mol. The van der Waals surface area contributed by atoms with Gasteiger partial charge in [0.05, 0.1) is 18.1 Å². The van der Waals surface area contributed by atoms with E-state index in [1.165, 1.54) is 24.5 Å². The summed E-state index contributed by atoms with van der Waals surface area (Å²) >= 11 is 14.2. The van der Waals surface area contributed by atoms with Crippen LogP contribution in [-0.2, 0) is 25.6 Å². The van der Waals surface area contributed by atoms with Crippen molar-refractivity contribution in [1.82, 2.24) is 4.90 Å². The summed E-state index contributed by atoms with van der Waals surface area (Å²) in [6.45, 7) is 1.67. The lowest BCUT2D eigenvalue weighted by Gasteiger charge is -2.51. The molecular weight excluding hydrogens is 662 g/mol. The molecule has 2 aromatic carbocycles. The lowest BCUT2D eigenvalue weighted by Crippen LogP contribution is -2.61. The van der Waals surface area contributed by atoms with Crippen LogP contribution in [0.25, 0.3) is 0 Å². The molecule has 15 heteroatoms. The van der Waals surface area contributed by atoms with Crippen LogP contribution in [0.2, 0.25) is 0 Å². The molecule has 5 aliphatic rings. The molecule has 7 rings (SSSR count). The van der Waals surface area contributed by atoms with Gasteiger partial charge in [0.15, 0.2) is 33.0 Å². The first-order valence-corrected chi connectivity index (χ1v) is 14.9. The first-order valence-electron chi connectivity index (χ1n) is 14.2. The highest BCUT2D eigenvalue weighted by atomic mass is 35.5. The van der Waals surface area contributed by atoms with Crippen molar-refractivity contribution in [2.45, 2.75) is 35.9 Å². The maximum absolute atomic E-state index is 15.1. The number of aromatic hydroxyl groups is 1. The smallest absolute Gasteiger partial charge is 0.258 e. The van der Waals surface area contributed by atoms with Crippen molar-refractivity contribution < 1.29 is 51.0 Å². The van der Waals surface area contributed by atoms with E-state index in [1.807, 2.05) is 0 Å². The Morgan fingerprint density at radius 3 is 2.24 bits per heavy atom. The number of halogens is 7. The number of allylic oxidation sites excluding steroid dienone is 3. The van der Waals surface area contributed by atoms with E-state index in [9.17, 15) is 37.5 Å². The summed E-state index contributed by atoms with van der Waals surface area (Å²) in [6.07, 6.45) is 2.26. The third kappa shape index (κ3) is 3.66. The molecule has 2 aliphatic carbocycles. The molecule has 0 bridgehead atoms. The van der Waals surface area contributed by atoms with E-state index in [2.05, 4.69) is 0 Å². The van der Waals surface area contributed by atoms with E-state index in [0.29, 0.717) is 16.9 Å². The summed E-state index contributed by atoms with van der Waals surface area (Å²) in [5, 5.41) is 10.1. The van der Waals surface area contributed by atoms with E-state index < -0.39 is 98.2 Å². The Kier molecular flexibility index (Phi) is 6.68. The number of rotatable bonds is 3. The molecule has 3 aliphatic heterocycles. The minimum absolute atomic E-state index is 0.0470. The summed E-state index contributed by atoms with van der Waals surface area (Å²) in [5.41, 5.74) is -0.891. The minimum Gasteiger partial charge on any atom is -0.508 e. The van der Waals surface area contributed by atoms with Crippen LogP contribution < -0.4 is 9.64 Å². The lowest BCUT2D eigenvalue weighted by molar-refractivity contribution is -0.140. The Bertz CT molecular complexity index is 1860. The molecule has 0 radical (unpaired) electrons. The molecule has 3 fully saturated rings. The van der Waals surface area contributed by atoms with Crippen molar-refractivity contribution in [1.29, 1.82) is 0 Å². The third-order valence-electron chi connectivity index (χ3n) is 9.78. The van der Waals surface area contributed by atoms with Gasteiger partial charge >= 0.3 is 0 Å². The standard InChI is InChI=1S/C31H21Cl2F5N2O6/c1-2-39-26(42)15-5-4-14-16(18(15)27(39)43)9-30(32)28(44)40(25-23(37)21(35)20(34)22(36)24(25)38)29(45)31(30,33)19(14)12-7-11-8-13(41)3-6-17(11)46-10-12/h3-4,6,8,10,15-16,18-19,41H,2,5,7,9H2,1H3. The van der Waals surface area contributed by atoms with Crippen molar-refractivity contribution in [3.63, 3.8) is 0 Å². The van der Waals surface area contributed by atoms with Gasteiger partial charge in [-0.15, -0.1) is 23.2 Å². The van der Waals surface area contributed by atoms with Crippen LogP contribution in [0.3, 0.4) is 0 Å². The summed E-state index contributed by atoms with van der Waals surface area (Å²) < 4.78 is 78.7. The summed E-state index contributed by atoms with van der Waals surface area (Å²) in [7, 11) is 0. The van der Waals surface area contributed by atoms with Gasteiger partial charge in [0, 0.05) is 24.4 Å². The van der Waals surface area contributed by atoms with E-state index in [-0.39, 0.29) is 35.6 Å². The Morgan fingerprint density at radius 1 is 0.935 bits per heavy atom. The fraction of sp³-hybridized carbons (Fsp3) is 0.355. The van der Waals surface area contributed by atoms with Gasteiger partial charge in [-0.1, -0.05) is 11.6 Å². The summed E-state index contributed by atoms with van der Waals surface area (Å²) in [4.78, 5) is 50.8. The van der Waals surface area contributed by atoms with Gasteiger partial charge in [0.2, 0.25) is 17.6 Å². The predicted octanol–water partition coefficient (Wildman–Crippen LogP) is 5.02. The maximum atomic E-state index is 15.1. The topological polar surface area (TPSA) is 104 Å². The zero-order chi connectivity index (χ0) is 33.2. The van der Waals surface area contributed by atoms with Crippen LogP contribution in [0.15, 0.2) is 41.7 Å². The number of carbonyl (C=O) groups excluding carboxylic acids is 4. The van der Waals surface area contributed by atoms with Gasteiger partial charge in [-0.2, -0.15) is 0 Å². The first-order chi connectivity index (χ1) is 21.7. The number of hydrogen-bond acceptors (Lipinski definition) is 6. The molecule has 2 saturated heterocycles. The number of fused-ring (bicyclic) bond motifs is 5. The molecule has 4 amide bonds. The van der Waals surface area contributed by atoms with Crippen molar-refractivity contribution >= 4 is 52.5 Å².